The van der Waals surface area contributed by atoms with E-state index in [0.29, 0.717) is 11.8 Å². The first-order valence-corrected chi connectivity index (χ1v) is 5.96. The van der Waals surface area contributed by atoms with Crippen LogP contribution in [0, 0.1) is 11.8 Å². The molecule has 0 aromatic carbocycles. The molecule has 2 nitrogen and oxygen atoms in total. The zero-order chi connectivity index (χ0) is 10.7. The van der Waals surface area contributed by atoms with E-state index < -0.39 is 0 Å². The van der Waals surface area contributed by atoms with Gasteiger partial charge in [-0.3, -0.25) is 0 Å². The van der Waals surface area contributed by atoms with E-state index in [1.807, 2.05) is 6.92 Å². The quantitative estimate of drug-likeness (QED) is 0.417. The summed E-state index contributed by atoms with van der Waals surface area (Å²) < 4.78 is 0. The van der Waals surface area contributed by atoms with Crippen LogP contribution in [0.1, 0.15) is 39.0 Å². The summed E-state index contributed by atoms with van der Waals surface area (Å²) in [6.45, 7) is 2.05. The molecule has 0 saturated heterocycles. The molecule has 0 heterocycles. The Balaban J connectivity index is 2.23. The summed E-state index contributed by atoms with van der Waals surface area (Å²) in [5, 5.41) is 12.4. The van der Waals surface area contributed by atoms with Gasteiger partial charge >= 0.3 is 0 Å². The molecule has 1 unspecified atom stereocenters. The van der Waals surface area contributed by atoms with Crippen molar-refractivity contribution in [3.63, 3.8) is 0 Å². The molecule has 0 aliphatic heterocycles. The third kappa shape index (κ3) is 1.99. The van der Waals surface area contributed by atoms with E-state index >= 15 is 0 Å². The Hall–Kier alpha value is -1.05. The molecule has 0 radical (unpaired) electrons. The van der Waals surface area contributed by atoms with Crippen LogP contribution >= 0.6 is 0 Å². The van der Waals surface area contributed by atoms with Gasteiger partial charge in [-0.1, -0.05) is 43.1 Å². The fraction of sp³-hybridized carbons (Fsp3) is 0.615. The molecule has 2 rings (SSSR count). The molecule has 2 heteroatoms. The molecule has 0 aromatic rings. The Morgan fingerprint density at radius 3 is 3.00 bits per heavy atom. The van der Waals surface area contributed by atoms with Crippen LogP contribution < -0.4 is 0 Å². The highest BCUT2D eigenvalue weighted by Gasteiger charge is 2.29. The highest BCUT2D eigenvalue weighted by atomic mass is 16.4. The lowest BCUT2D eigenvalue weighted by Gasteiger charge is -2.33. The van der Waals surface area contributed by atoms with Crippen molar-refractivity contribution in [2.24, 2.45) is 17.0 Å². The Bertz CT molecular complexity index is 314. The molecular formula is C13H19NO. The Morgan fingerprint density at radius 2 is 2.27 bits per heavy atom. The van der Waals surface area contributed by atoms with Gasteiger partial charge in [0.1, 0.15) is 0 Å². The minimum absolute atomic E-state index is 0.606. The highest BCUT2D eigenvalue weighted by Crippen LogP contribution is 2.38. The van der Waals surface area contributed by atoms with Crippen LogP contribution in [0.25, 0.3) is 0 Å². The largest absolute Gasteiger partial charge is 0.411 e. The molecule has 2 aliphatic rings. The van der Waals surface area contributed by atoms with Crippen molar-refractivity contribution in [3.8, 4) is 0 Å². The molecule has 1 saturated carbocycles. The molecule has 1 fully saturated rings. The molecule has 2 atom stereocenters. The second-order valence-corrected chi connectivity index (χ2v) is 4.46. The molecule has 0 aromatic heterocycles. The SMILES string of the molecule is CC/C(=N\O)C1=CC=C[C@H]2CCCCC12. The van der Waals surface area contributed by atoms with E-state index in [0.717, 1.165) is 12.1 Å². The molecule has 0 amide bonds. The standard InChI is InChI=1S/C13H19NO/c1-2-13(14-15)12-9-5-7-10-6-3-4-8-11(10)12/h5,7,9-11,15H,2-4,6,8H2,1H3/b14-13+/t10-,11?/m1/s1. The van der Waals surface area contributed by atoms with Gasteiger partial charge in [-0.05, 0) is 36.7 Å². The molecule has 0 bridgehead atoms. The summed E-state index contributed by atoms with van der Waals surface area (Å²) in [5.41, 5.74) is 2.14. The third-order valence-electron chi connectivity index (χ3n) is 3.64. The van der Waals surface area contributed by atoms with Gasteiger partial charge in [0.2, 0.25) is 0 Å². The summed E-state index contributed by atoms with van der Waals surface area (Å²) in [6, 6.07) is 0. The number of allylic oxidation sites excluding steroid dienone is 4. The van der Waals surface area contributed by atoms with Gasteiger partial charge in [0.25, 0.3) is 0 Å². The lowest BCUT2D eigenvalue weighted by Crippen LogP contribution is -2.25. The van der Waals surface area contributed by atoms with E-state index in [4.69, 9.17) is 5.21 Å². The fourth-order valence-electron chi connectivity index (χ4n) is 2.84. The number of nitrogens with zero attached hydrogens (tertiary/aromatic N) is 1. The van der Waals surface area contributed by atoms with E-state index in [2.05, 4.69) is 23.4 Å². The van der Waals surface area contributed by atoms with Crippen molar-refractivity contribution in [1.82, 2.24) is 0 Å². The number of oxime groups is 1. The molecule has 0 spiro atoms. The maximum atomic E-state index is 8.99. The first kappa shape index (κ1) is 10.5. The Kier molecular flexibility index (Phi) is 3.24. The molecule has 2 aliphatic carbocycles. The van der Waals surface area contributed by atoms with Crippen LogP contribution in [0.2, 0.25) is 0 Å². The maximum Gasteiger partial charge on any atom is 0.0827 e. The van der Waals surface area contributed by atoms with Crippen LogP contribution in [-0.2, 0) is 0 Å². The minimum atomic E-state index is 0.606. The molecule has 1 N–H and O–H groups in total. The smallest absolute Gasteiger partial charge is 0.0827 e. The average Bonchev–Trinajstić information content (AvgIpc) is 2.31. The zero-order valence-electron chi connectivity index (χ0n) is 9.32. The highest BCUT2D eigenvalue weighted by molar-refractivity contribution is 6.00. The van der Waals surface area contributed by atoms with Crippen molar-refractivity contribution in [3.05, 3.63) is 23.8 Å². The van der Waals surface area contributed by atoms with Crippen LogP contribution in [-0.4, -0.2) is 10.9 Å². The van der Waals surface area contributed by atoms with Crippen LogP contribution in [0.3, 0.4) is 0 Å². The van der Waals surface area contributed by atoms with Crippen molar-refractivity contribution in [2.75, 3.05) is 0 Å². The predicted molar refractivity (Wildman–Crippen MR) is 62.2 cm³/mol. The monoisotopic (exact) mass is 205 g/mol. The van der Waals surface area contributed by atoms with E-state index in [1.54, 1.807) is 0 Å². The topological polar surface area (TPSA) is 32.6 Å². The zero-order valence-corrected chi connectivity index (χ0v) is 9.32. The van der Waals surface area contributed by atoms with Gasteiger partial charge in [0.05, 0.1) is 5.71 Å². The van der Waals surface area contributed by atoms with Gasteiger partial charge in [0, 0.05) is 0 Å². The predicted octanol–water partition coefficient (Wildman–Crippen LogP) is 3.53. The first-order chi connectivity index (χ1) is 7.36. The van der Waals surface area contributed by atoms with Crippen LogP contribution in [0.5, 0.6) is 0 Å². The second-order valence-electron chi connectivity index (χ2n) is 4.46. The Morgan fingerprint density at radius 1 is 1.47 bits per heavy atom. The fourth-order valence-corrected chi connectivity index (χ4v) is 2.84. The van der Waals surface area contributed by atoms with E-state index in [-0.39, 0.29) is 0 Å². The summed E-state index contributed by atoms with van der Waals surface area (Å²) in [5.74, 6) is 1.29. The van der Waals surface area contributed by atoms with Gasteiger partial charge in [-0.25, -0.2) is 0 Å². The number of rotatable bonds is 2. The summed E-state index contributed by atoms with van der Waals surface area (Å²) >= 11 is 0. The summed E-state index contributed by atoms with van der Waals surface area (Å²) in [6.07, 6.45) is 12.6. The number of hydrogen-bond acceptors (Lipinski definition) is 2. The normalized spacial score (nSPS) is 31.0. The molecule has 82 valence electrons. The van der Waals surface area contributed by atoms with Gasteiger partial charge in [-0.15, -0.1) is 0 Å². The Labute approximate surface area is 91.4 Å². The van der Waals surface area contributed by atoms with Crippen molar-refractivity contribution in [1.29, 1.82) is 0 Å². The van der Waals surface area contributed by atoms with Gasteiger partial charge < -0.3 is 5.21 Å². The van der Waals surface area contributed by atoms with Gasteiger partial charge in [-0.2, -0.15) is 0 Å². The van der Waals surface area contributed by atoms with E-state index in [9.17, 15) is 0 Å². The van der Waals surface area contributed by atoms with Gasteiger partial charge in [0.15, 0.2) is 0 Å². The lowest BCUT2D eigenvalue weighted by molar-refractivity contribution is 0.308. The van der Waals surface area contributed by atoms with Crippen LogP contribution in [0.15, 0.2) is 29.0 Å². The average molecular weight is 205 g/mol. The lowest BCUT2D eigenvalue weighted by atomic mass is 9.71. The van der Waals surface area contributed by atoms with Crippen molar-refractivity contribution >= 4 is 5.71 Å². The van der Waals surface area contributed by atoms with Crippen molar-refractivity contribution < 1.29 is 5.21 Å². The third-order valence-corrected chi connectivity index (χ3v) is 3.64. The van der Waals surface area contributed by atoms with Crippen LogP contribution in [0.4, 0.5) is 0 Å². The molecular weight excluding hydrogens is 186 g/mol. The minimum Gasteiger partial charge on any atom is -0.411 e. The molecule has 15 heavy (non-hydrogen) atoms. The first-order valence-electron chi connectivity index (χ1n) is 5.96. The van der Waals surface area contributed by atoms with Crippen molar-refractivity contribution in [2.45, 2.75) is 39.0 Å². The summed E-state index contributed by atoms with van der Waals surface area (Å²) in [4.78, 5) is 0. The second kappa shape index (κ2) is 4.65. The number of fused-ring (bicyclic) bond motifs is 1. The number of hydrogen-bond donors (Lipinski definition) is 1. The summed E-state index contributed by atoms with van der Waals surface area (Å²) in [7, 11) is 0. The van der Waals surface area contributed by atoms with E-state index in [1.165, 1.54) is 31.3 Å². The maximum absolute atomic E-state index is 8.99.